The third kappa shape index (κ3) is 3.76. The van der Waals surface area contributed by atoms with Gasteiger partial charge in [0.2, 0.25) is 0 Å². The van der Waals surface area contributed by atoms with Gasteiger partial charge in [0.25, 0.3) is 0 Å². The van der Waals surface area contributed by atoms with Gasteiger partial charge in [0.15, 0.2) is 0 Å². The number of carbonyl (C=O) groups is 1. The fourth-order valence-electron chi connectivity index (χ4n) is 1.85. The van der Waals surface area contributed by atoms with Crippen LogP contribution >= 0.6 is 0 Å². The molecule has 4 heteroatoms. The van der Waals surface area contributed by atoms with E-state index in [1.54, 1.807) is 0 Å². The number of hydrogen-bond donors (Lipinski definition) is 0. The van der Waals surface area contributed by atoms with Crippen LogP contribution in [0, 0.1) is 0 Å². The van der Waals surface area contributed by atoms with Gasteiger partial charge in [0.1, 0.15) is 5.70 Å². The van der Waals surface area contributed by atoms with E-state index >= 15 is 0 Å². The number of esters is 1. The van der Waals surface area contributed by atoms with Gasteiger partial charge in [-0.25, -0.2) is 4.79 Å². The smallest absolute Gasteiger partial charge is 0.356 e. The molecule has 1 fully saturated rings. The van der Waals surface area contributed by atoms with Gasteiger partial charge in [-0.15, -0.1) is 0 Å². The molecule has 92 valence electrons. The Hall–Kier alpha value is -1.19. The molecule has 1 rings (SSSR count). The van der Waals surface area contributed by atoms with Crippen molar-refractivity contribution in [3.8, 4) is 0 Å². The summed E-state index contributed by atoms with van der Waals surface area (Å²) in [4.78, 5) is 15.8. The van der Waals surface area contributed by atoms with Crippen molar-refractivity contribution >= 4 is 5.97 Å². The fraction of sp³-hybridized carbons (Fsp3) is 0.750. The molecule has 4 nitrogen and oxygen atoms in total. The molecule has 0 aromatic rings. The van der Waals surface area contributed by atoms with E-state index in [1.165, 1.54) is 6.42 Å². The number of rotatable bonds is 4. The van der Waals surface area contributed by atoms with E-state index in [0.29, 0.717) is 12.3 Å². The quantitative estimate of drug-likeness (QED) is 0.536. The standard InChI is InChI=1S/C12H22N2O2/c1-4-16-12(15)11(10-13(2)3)14-8-6-5-7-9-14/h10H,4-9H2,1-3H3. The van der Waals surface area contributed by atoms with Crippen LogP contribution in [0.15, 0.2) is 11.9 Å². The summed E-state index contributed by atoms with van der Waals surface area (Å²) < 4.78 is 5.08. The molecule has 0 unspecified atom stereocenters. The Morgan fingerprint density at radius 2 is 1.94 bits per heavy atom. The van der Waals surface area contributed by atoms with Crippen molar-refractivity contribution in [2.45, 2.75) is 26.2 Å². The molecule has 0 aromatic carbocycles. The van der Waals surface area contributed by atoms with Gasteiger partial charge in [-0.1, -0.05) is 0 Å². The Morgan fingerprint density at radius 1 is 1.31 bits per heavy atom. The maximum absolute atomic E-state index is 11.8. The zero-order valence-corrected chi connectivity index (χ0v) is 10.5. The van der Waals surface area contributed by atoms with E-state index < -0.39 is 0 Å². The van der Waals surface area contributed by atoms with Crippen LogP contribution in [0.5, 0.6) is 0 Å². The van der Waals surface area contributed by atoms with E-state index in [0.717, 1.165) is 25.9 Å². The maximum atomic E-state index is 11.8. The normalized spacial score (nSPS) is 17.2. The predicted octanol–water partition coefficient (Wildman–Crippen LogP) is 1.44. The van der Waals surface area contributed by atoms with Gasteiger partial charge in [0, 0.05) is 33.4 Å². The van der Waals surface area contributed by atoms with Crippen molar-refractivity contribution in [2.75, 3.05) is 33.8 Å². The van der Waals surface area contributed by atoms with Crippen LogP contribution < -0.4 is 0 Å². The molecule has 0 spiro atoms. The summed E-state index contributed by atoms with van der Waals surface area (Å²) in [5.74, 6) is -0.210. The van der Waals surface area contributed by atoms with Gasteiger partial charge in [-0.2, -0.15) is 0 Å². The summed E-state index contributed by atoms with van der Waals surface area (Å²) in [6, 6.07) is 0. The molecule has 1 saturated heterocycles. The molecular weight excluding hydrogens is 204 g/mol. The number of ether oxygens (including phenoxy) is 1. The highest BCUT2D eigenvalue weighted by atomic mass is 16.5. The monoisotopic (exact) mass is 226 g/mol. The molecular formula is C12H22N2O2. The van der Waals surface area contributed by atoms with E-state index in [2.05, 4.69) is 4.90 Å². The molecule has 0 aliphatic carbocycles. The Morgan fingerprint density at radius 3 is 2.44 bits per heavy atom. The summed E-state index contributed by atoms with van der Waals surface area (Å²) in [6.07, 6.45) is 5.42. The van der Waals surface area contributed by atoms with Crippen LogP contribution in [-0.4, -0.2) is 49.6 Å². The summed E-state index contributed by atoms with van der Waals surface area (Å²) in [5, 5.41) is 0. The molecule has 0 bridgehead atoms. The van der Waals surface area contributed by atoms with Gasteiger partial charge < -0.3 is 14.5 Å². The average Bonchev–Trinajstić information content (AvgIpc) is 2.27. The predicted molar refractivity (Wildman–Crippen MR) is 63.8 cm³/mol. The highest BCUT2D eigenvalue weighted by Crippen LogP contribution is 2.16. The highest BCUT2D eigenvalue weighted by Gasteiger charge is 2.20. The van der Waals surface area contributed by atoms with Crippen LogP contribution in [0.25, 0.3) is 0 Å². The second kappa shape index (κ2) is 6.40. The zero-order chi connectivity index (χ0) is 12.0. The Labute approximate surface area is 97.9 Å². The Kier molecular flexibility index (Phi) is 5.15. The van der Waals surface area contributed by atoms with E-state index in [1.807, 2.05) is 32.1 Å². The number of nitrogens with zero attached hydrogens (tertiary/aromatic N) is 2. The molecule has 0 atom stereocenters. The summed E-state index contributed by atoms with van der Waals surface area (Å²) in [7, 11) is 3.84. The first-order chi connectivity index (χ1) is 7.65. The molecule has 16 heavy (non-hydrogen) atoms. The lowest BCUT2D eigenvalue weighted by Crippen LogP contribution is -2.34. The molecule has 1 aliphatic heterocycles. The topological polar surface area (TPSA) is 32.8 Å². The third-order valence-electron chi connectivity index (χ3n) is 2.56. The van der Waals surface area contributed by atoms with Gasteiger partial charge in [-0.3, -0.25) is 0 Å². The number of piperidine rings is 1. The summed E-state index contributed by atoms with van der Waals surface area (Å²) in [5.41, 5.74) is 0.687. The number of likely N-dealkylation sites (tertiary alicyclic amines) is 1. The molecule has 0 radical (unpaired) electrons. The minimum atomic E-state index is -0.210. The van der Waals surface area contributed by atoms with E-state index in [-0.39, 0.29) is 5.97 Å². The van der Waals surface area contributed by atoms with Crippen molar-refractivity contribution in [1.82, 2.24) is 9.80 Å². The lowest BCUT2D eigenvalue weighted by Gasteiger charge is -2.30. The van der Waals surface area contributed by atoms with Gasteiger partial charge in [-0.05, 0) is 26.2 Å². The van der Waals surface area contributed by atoms with Crippen LogP contribution in [0.3, 0.4) is 0 Å². The zero-order valence-electron chi connectivity index (χ0n) is 10.5. The SMILES string of the molecule is CCOC(=O)C(=CN(C)C)N1CCCCC1. The Bertz CT molecular complexity index is 256. The van der Waals surface area contributed by atoms with Crippen molar-refractivity contribution in [3.05, 3.63) is 11.9 Å². The van der Waals surface area contributed by atoms with Crippen LogP contribution in [-0.2, 0) is 9.53 Å². The second-order valence-corrected chi connectivity index (χ2v) is 4.25. The first-order valence-electron chi connectivity index (χ1n) is 5.95. The molecule has 0 saturated carbocycles. The summed E-state index contributed by atoms with van der Waals surface area (Å²) >= 11 is 0. The van der Waals surface area contributed by atoms with E-state index in [9.17, 15) is 4.79 Å². The van der Waals surface area contributed by atoms with Crippen LogP contribution in [0.1, 0.15) is 26.2 Å². The van der Waals surface area contributed by atoms with Crippen molar-refractivity contribution < 1.29 is 9.53 Å². The number of carbonyl (C=O) groups excluding carboxylic acids is 1. The maximum Gasteiger partial charge on any atom is 0.356 e. The molecule has 1 aliphatic rings. The van der Waals surface area contributed by atoms with Gasteiger partial charge >= 0.3 is 5.97 Å². The lowest BCUT2D eigenvalue weighted by atomic mass is 10.1. The molecule has 0 N–H and O–H groups in total. The Balaban J connectivity index is 2.73. The minimum absolute atomic E-state index is 0.210. The lowest BCUT2D eigenvalue weighted by molar-refractivity contribution is -0.140. The van der Waals surface area contributed by atoms with E-state index in [4.69, 9.17) is 4.74 Å². The minimum Gasteiger partial charge on any atom is -0.461 e. The fourth-order valence-corrected chi connectivity index (χ4v) is 1.85. The first-order valence-corrected chi connectivity index (χ1v) is 5.95. The number of hydrogen-bond acceptors (Lipinski definition) is 4. The highest BCUT2D eigenvalue weighted by molar-refractivity contribution is 5.87. The average molecular weight is 226 g/mol. The van der Waals surface area contributed by atoms with Crippen LogP contribution in [0.2, 0.25) is 0 Å². The van der Waals surface area contributed by atoms with Crippen molar-refractivity contribution in [2.24, 2.45) is 0 Å². The summed E-state index contributed by atoms with van der Waals surface area (Å²) in [6.45, 7) is 4.18. The van der Waals surface area contributed by atoms with Crippen LogP contribution in [0.4, 0.5) is 0 Å². The molecule has 0 aromatic heterocycles. The van der Waals surface area contributed by atoms with Crippen molar-refractivity contribution in [3.63, 3.8) is 0 Å². The first kappa shape index (κ1) is 12.9. The van der Waals surface area contributed by atoms with Gasteiger partial charge in [0.05, 0.1) is 6.61 Å². The second-order valence-electron chi connectivity index (χ2n) is 4.25. The van der Waals surface area contributed by atoms with Crippen molar-refractivity contribution in [1.29, 1.82) is 0 Å². The molecule has 0 amide bonds. The largest absolute Gasteiger partial charge is 0.461 e. The molecule has 1 heterocycles. The third-order valence-corrected chi connectivity index (χ3v) is 2.56.